The largest absolute Gasteiger partial charge is 0.490 e. The SMILES string of the molecule is CCOc1cc(C(=O)Nc2ccc(N(CC)CC)cc2)ccc1OCc1cccnc1. The van der Waals surface area contributed by atoms with Crippen LogP contribution in [0.2, 0.25) is 0 Å². The molecule has 0 spiro atoms. The minimum atomic E-state index is -0.199. The molecule has 162 valence electrons. The van der Waals surface area contributed by atoms with Crippen molar-refractivity contribution < 1.29 is 14.3 Å². The van der Waals surface area contributed by atoms with Gasteiger partial charge in [0.1, 0.15) is 6.61 Å². The summed E-state index contributed by atoms with van der Waals surface area (Å²) in [5.74, 6) is 0.928. The predicted molar refractivity (Wildman–Crippen MR) is 124 cm³/mol. The van der Waals surface area contributed by atoms with E-state index < -0.39 is 0 Å². The number of anilines is 2. The minimum absolute atomic E-state index is 0.199. The lowest BCUT2D eigenvalue weighted by atomic mass is 10.1. The zero-order chi connectivity index (χ0) is 22.1. The zero-order valence-corrected chi connectivity index (χ0v) is 18.3. The van der Waals surface area contributed by atoms with E-state index >= 15 is 0 Å². The third-order valence-electron chi connectivity index (χ3n) is 4.88. The second-order valence-electron chi connectivity index (χ2n) is 6.92. The third-order valence-corrected chi connectivity index (χ3v) is 4.88. The molecule has 1 heterocycles. The van der Waals surface area contributed by atoms with Gasteiger partial charge < -0.3 is 19.7 Å². The molecule has 0 bridgehead atoms. The molecule has 3 aromatic rings. The van der Waals surface area contributed by atoms with Gasteiger partial charge in [-0.25, -0.2) is 0 Å². The monoisotopic (exact) mass is 419 g/mol. The lowest BCUT2D eigenvalue weighted by Gasteiger charge is -2.21. The molecule has 0 atom stereocenters. The van der Waals surface area contributed by atoms with Crippen LogP contribution in [0, 0.1) is 0 Å². The van der Waals surface area contributed by atoms with Gasteiger partial charge in [-0.3, -0.25) is 9.78 Å². The van der Waals surface area contributed by atoms with E-state index in [0.29, 0.717) is 30.3 Å². The van der Waals surface area contributed by atoms with E-state index in [1.165, 1.54) is 0 Å². The molecule has 6 nitrogen and oxygen atoms in total. The Bertz CT molecular complexity index is 971. The first kappa shape index (κ1) is 22.2. The molecule has 2 aromatic carbocycles. The highest BCUT2D eigenvalue weighted by Gasteiger charge is 2.13. The van der Waals surface area contributed by atoms with Crippen LogP contribution in [-0.2, 0) is 6.61 Å². The second kappa shape index (κ2) is 11.0. The Hall–Kier alpha value is -3.54. The van der Waals surface area contributed by atoms with Crippen LogP contribution in [-0.4, -0.2) is 30.6 Å². The smallest absolute Gasteiger partial charge is 0.255 e. The Morgan fingerprint density at radius 2 is 1.74 bits per heavy atom. The summed E-state index contributed by atoms with van der Waals surface area (Å²) < 4.78 is 11.6. The number of hydrogen-bond acceptors (Lipinski definition) is 5. The molecule has 0 radical (unpaired) electrons. The summed E-state index contributed by atoms with van der Waals surface area (Å²) in [7, 11) is 0. The lowest BCUT2D eigenvalue weighted by molar-refractivity contribution is 0.102. The normalized spacial score (nSPS) is 10.4. The fraction of sp³-hybridized carbons (Fsp3) is 0.280. The van der Waals surface area contributed by atoms with E-state index in [0.717, 1.165) is 30.0 Å². The van der Waals surface area contributed by atoms with Crippen LogP contribution in [0.15, 0.2) is 67.0 Å². The first-order chi connectivity index (χ1) is 15.1. The Balaban J connectivity index is 1.69. The standard InChI is InChI=1S/C25H29N3O3/c1-4-28(5-2)22-12-10-21(11-13-22)27-25(29)20-9-14-23(24(16-20)30-6-3)31-18-19-8-7-15-26-17-19/h7-17H,4-6,18H2,1-3H3,(H,27,29). The van der Waals surface area contributed by atoms with Gasteiger partial charge >= 0.3 is 0 Å². The number of hydrogen-bond donors (Lipinski definition) is 1. The second-order valence-corrected chi connectivity index (χ2v) is 6.92. The molecule has 1 amide bonds. The highest BCUT2D eigenvalue weighted by atomic mass is 16.5. The number of amides is 1. The average Bonchev–Trinajstić information content (AvgIpc) is 2.81. The zero-order valence-electron chi connectivity index (χ0n) is 18.3. The van der Waals surface area contributed by atoms with E-state index in [1.807, 2.05) is 43.3 Å². The van der Waals surface area contributed by atoms with E-state index in [9.17, 15) is 4.79 Å². The van der Waals surface area contributed by atoms with Crippen molar-refractivity contribution in [3.8, 4) is 11.5 Å². The van der Waals surface area contributed by atoms with E-state index in [1.54, 1.807) is 30.6 Å². The number of rotatable bonds is 10. The van der Waals surface area contributed by atoms with Gasteiger partial charge in [-0.15, -0.1) is 0 Å². The Labute approximate surface area is 183 Å². The Morgan fingerprint density at radius 3 is 2.39 bits per heavy atom. The van der Waals surface area contributed by atoms with Crippen molar-refractivity contribution in [3.63, 3.8) is 0 Å². The average molecular weight is 420 g/mol. The molecule has 0 fully saturated rings. The summed E-state index contributed by atoms with van der Waals surface area (Å²) in [6.07, 6.45) is 3.48. The number of nitrogens with zero attached hydrogens (tertiary/aromatic N) is 2. The summed E-state index contributed by atoms with van der Waals surface area (Å²) in [5, 5.41) is 2.94. The van der Waals surface area contributed by atoms with Gasteiger partial charge in [0, 0.05) is 48.0 Å². The molecule has 6 heteroatoms. The molecule has 0 saturated carbocycles. The van der Waals surface area contributed by atoms with Crippen molar-refractivity contribution in [2.75, 3.05) is 29.9 Å². The summed E-state index contributed by atoms with van der Waals surface area (Å²) in [4.78, 5) is 19.1. The first-order valence-corrected chi connectivity index (χ1v) is 10.6. The van der Waals surface area contributed by atoms with Crippen LogP contribution in [0.4, 0.5) is 11.4 Å². The number of ether oxygens (including phenoxy) is 2. The molecule has 1 N–H and O–H groups in total. The summed E-state index contributed by atoms with van der Waals surface area (Å²) >= 11 is 0. The van der Waals surface area contributed by atoms with Crippen LogP contribution < -0.4 is 19.7 Å². The maximum atomic E-state index is 12.8. The van der Waals surface area contributed by atoms with Gasteiger partial charge in [-0.2, -0.15) is 0 Å². The number of carbonyl (C=O) groups is 1. The fourth-order valence-electron chi connectivity index (χ4n) is 3.23. The first-order valence-electron chi connectivity index (χ1n) is 10.6. The highest BCUT2D eigenvalue weighted by molar-refractivity contribution is 6.04. The molecular weight excluding hydrogens is 390 g/mol. The molecule has 0 saturated heterocycles. The van der Waals surface area contributed by atoms with Crippen molar-refractivity contribution in [1.29, 1.82) is 0 Å². The van der Waals surface area contributed by atoms with Crippen molar-refractivity contribution in [1.82, 2.24) is 4.98 Å². The molecule has 0 aliphatic carbocycles. The minimum Gasteiger partial charge on any atom is -0.490 e. The molecule has 0 aliphatic rings. The van der Waals surface area contributed by atoms with Gasteiger partial charge in [0.2, 0.25) is 0 Å². The van der Waals surface area contributed by atoms with Gasteiger partial charge in [0.25, 0.3) is 5.91 Å². The number of nitrogens with one attached hydrogen (secondary N) is 1. The topological polar surface area (TPSA) is 63.7 Å². The molecule has 0 unspecified atom stereocenters. The Kier molecular flexibility index (Phi) is 7.87. The van der Waals surface area contributed by atoms with Gasteiger partial charge in [-0.05, 0) is 69.3 Å². The summed E-state index contributed by atoms with van der Waals surface area (Å²) in [5.41, 5.74) is 3.34. The van der Waals surface area contributed by atoms with Crippen LogP contribution >= 0.6 is 0 Å². The van der Waals surface area contributed by atoms with E-state index in [2.05, 4.69) is 29.0 Å². The van der Waals surface area contributed by atoms with E-state index in [4.69, 9.17) is 9.47 Å². The van der Waals surface area contributed by atoms with Crippen molar-refractivity contribution in [2.45, 2.75) is 27.4 Å². The molecule has 0 aliphatic heterocycles. The van der Waals surface area contributed by atoms with Crippen molar-refractivity contribution in [2.24, 2.45) is 0 Å². The van der Waals surface area contributed by atoms with Crippen molar-refractivity contribution >= 4 is 17.3 Å². The van der Waals surface area contributed by atoms with Crippen LogP contribution in [0.1, 0.15) is 36.7 Å². The van der Waals surface area contributed by atoms with Crippen LogP contribution in [0.5, 0.6) is 11.5 Å². The molecular formula is C25H29N3O3. The van der Waals surface area contributed by atoms with Gasteiger partial charge in [0.15, 0.2) is 11.5 Å². The third kappa shape index (κ3) is 5.98. The maximum Gasteiger partial charge on any atom is 0.255 e. The fourth-order valence-corrected chi connectivity index (χ4v) is 3.23. The highest BCUT2D eigenvalue weighted by Crippen LogP contribution is 2.30. The number of aromatic nitrogens is 1. The quantitative estimate of drug-likeness (QED) is 0.492. The van der Waals surface area contributed by atoms with Gasteiger partial charge in [-0.1, -0.05) is 6.07 Å². The lowest BCUT2D eigenvalue weighted by Crippen LogP contribution is -2.21. The maximum absolute atomic E-state index is 12.8. The Morgan fingerprint density at radius 1 is 0.968 bits per heavy atom. The molecule has 3 rings (SSSR count). The summed E-state index contributed by atoms with van der Waals surface area (Å²) in [6, 6.07) is 16.9. The van der Waals surface area contributed by atoms with E-state index in [-0.39, 0.29) is 5.91 Å². The number of benzene rings is 2. The predicted octanol–water partition coefficient (Wildman–Crippen LogP) is 5.16. The van der Waals surface area contributed by atoms with Crippen LogP contribution in [0.3, 0.4) is 0 Å². The van der Waals surface area contributed by atoms with Crippen LogP contribution in [0.25, 0.3) is 0 Å². The number of carbonyl (C=O) groups excluding carboxylic acids is 1. The molecule has 31 heavy (non-hydrogen) atoms. The number of pyridine rings is 1. The summed E-state index contributed by atoms with van der Waals surface area (Å²) in [6.45, 7) is 8.88. The molecule has 1 aromatic heterocycles. The van der Waals surface area contributed by atoms with Crippen molar-refractivity contribution in [3.05, 3.63) is 78.1 Å². The van der Waals surface area contributed by atoms with Gasteiger partial charge in [0.05, 0.1) is 6.61 Å².